The number of carbonyl (C=O) groups excluding carboxylic acids is 6. The molecule has 0 spiro atoms. The molecule has 0 aromatic heterocycles. The standard InChI is InChI=1S/C29H28ClN5O7/c30-22-14-20(3-2-18(22)9-11-42-12-10-34-25(37)7-8-26(34)38)32-29(41)31-15-17-1-4-21-19(13-17)16-35(28(21)40)23-5-6-24(36)33-27(23)39/h1-4,7-8,13-14,23H,5-6,9-12,15-16H2,(H2,31,32,41)(H,33,36,39). The molecule has 0 bridgehead atoms. The number of ether oxygens (including phenoxy) is 1. The Hall–Kier alpha value is -4.55. The van der Waals surface area contributed by atoms with Gasteiger partial charge in [-0.15, -0.1) is 0 Å². The van der Waals surface area contributed by atoms with E-state index in [0.717, 1.165) is 21.6 Å². The second-order valence-corrected chi connectivity index (χ2v) is 10.4. The second-order valence-electron chi connectivity index (χ2n) is 10.0. The molecule has 0 radical (unpaired) electrons. The average molecular weight is 594 g/mol. The van der Waals surface area contributed by atoms with Gasteiger partial charge in [0.25, 0.3) is 17.7 Å². The van der Waals surface area contributed by atoms with Crippen LogP contribution in [-0.4, -0.2) is 71.2 Å². The van der Waals surface area contributed by atoms with Crippen LogP contribution in [0.1, 0.15) is 39.9 Å². The highest BCUT2D eigenvalue weighted by atomic mass is 35.5. The minimum Gasteiger partial charge on any atom is -0.379 e. The molecule has 2 aromatic rings. The number of nitrogens with one attached hydrogen (secondary N) is 3. The first-order chi connectivity index (χ1) is 20.2. The zero-order valence-corrected chi connectivity index (χ0v) is 23.2. The lowest BCUT2D eigenvalue weighted by atomic mass is 10.0. The molecular weight excluding hydrogens is 566 g/mol. The van der Waals surface area contributed by atoms with E-state index in [4.69, 9.17) is 16.3 Å². The van der Waals surface area contributed by atoms with Crippen LogP contribution in [0.5, 0.6) is 0 Å². The summed E-state index contributed by atoms with van der Waals surface area (Å²) in [5.41, 5.74) is 3.36. The fraction of sp³-hybridized carbons (Fsp3) is 0.310. The summed E-state index contributed by atoms with van der Waals surface area (Å²) in [6, 6.07) is 9.27. The summed E-state index contributed by atoms with van der Waals surface area (Å²) < 4.78 is 5.54. The molecule has 7 amide bonds. The number of amides is 7. The molecule has 1 atom stereocenters. The SMILES string of the molecule is O=C1CCC(N2Cc3cc(CNC(=O)Nc4ccc(CCOCCN5C(=O)C=CC5=O)c(Cl)c4)ccc3C2=O)C(=O)N1. The van der Waals surface area contributed by atoms with Gasteiger partial charge in [-0.25, -0.2) is 4.79 Å². The Kier molecular flexibility index (Phi) is 8.64. The first-order valence-corrected chi connectivity index (χ1v) is 13.8. The van der Waals surface area contributed by atoms with Gasteiger partial charge in [0.2, 0.25) is 11.8 Å². The van der Waals surface area contributed by atoms with Crippen molar-refractivity contribution in [1.29, 1.82) is 0 Å². The lowest BCUT2D eigenvalue weighted by Gasteiger charge is -2.29. The van der Waals surface area contributed by atoms with Crippen molar-refractivity contribution >= 4 is 52.9 Å². The fourth-order valence-electron chi connectivity index (χ4n) is 5.01. The number of urea groups is 1. The van der Waals surface area contributed by atoms with Gasteiger partial charge in [0.05, 0.1) is 19.8 Å². The third kappa shape index (κ3) is 6.50. The Labute approximate surface area is 246 Å². The summed E-state index contributed by atoms with van der Waals surface area (Å²) in [4.78, 5) is 74.7. The molecule has 42 heavy (non-hydrogen) atoms. The molecule has 1 unspecified atom stereocenters. The summed E-state index contributed by atoms with van der Waals surface area (Å²) in [5, 5.41) is 8.26. The van der Waals surface area contributed by atoms with E-state index < -0.39 is 18.0 Å². The predicted octanol–water partition coefficient (Wildman–Crippen LogP) is 1.91. The van der Waals surface area contributed by atoms with E-state index in [-0.39, 0.29) is 56.3 Å². The number of anilines is 1. The minimum atomic E-state index is -0.683. The number of benzene rings is 2. The van der Waals surface area contributed by atoms with Crippen LogP contribution in [-0.2, 0) is 43.4 Å². The monoisotopic (exact) mass is 593 g/mol. The van der Waals surface area contributed by atoms with Crippen molar-refractivity contribution in [3.8, 4) is 0 Å². The number of halogens is 1. The molecular formula is C29H28ClN5O7. The van der Waals surface area contributed by atoms with Crippen LogP contribution >= 0.6 is 11.6 Å². The molecule has 0 aliphatic carbocycles. The van der Waals surface area contributed by atoms with Gasteiger partial charge in [-0.2, -0.15) is 0 Å². The summed E-state index contributed by atoms with van der Waals surface area (Å²) in [6.45, 7) is 1.20. The highest BCUT2D eigenvalue weighted by Crippen LogP contribution is 2.28. The quantitative estimate of drug-likeness (QED) is 0.281. The topological polar surface area (TPSA) is 154 Å². The van der Waals surface area contributed by atoms with E-state index in [1.807, 2.05) is 6.07 Å². The normalized spacial score (nSPS) is 18.0. The predicted molar refractivity (Wildman–Crippen MR) is 150 cm³/mol. The van der Waals surface area contributed by atoms with Crippen LogP contribution in [0.25, 0.3) is 0 Å². The van der Waals surface area contributed by atoms with Crippen molar-refractivity contribution in [2.24, 2.45) is 0 Å². The Morgan fingerprint density at radius 1 is 1.02 bits per heavy atom. The van der Waals surface area contributed by atoms with Crippen LogP contribution in [0.15, 0.2) is 48.6 Å². The fourth-order valence-corrected chi connectivity index (χ4v) is 5.29. The smallest absolute Gasteiger partial charge is 0.319 e. The molecule has 3 N–H and O–H groups in total. The molecule has 0 saturated carbocycles. The Balaban J connectivity index is 1.06. The van der Waals surface area contributed by atoms with Crippen molar-refractivity contribution in [2.75, 3.05) is 25.1 Å². The number of piperidine rings is 1. The third-order valence-corrected chi connectivity index (χ3v) is 7.58. The van der Waals surface area contributed by atoms with Gasteiger partial charge < -0.3 is 20.3 Å². The molecule has 13 heteroatoms. The van der Waals surface area contributed by atoms with E-state index in [2.05, 4.69) is 16.0 Å². The van der Waals surface area contributed by atoms with Gasteiger partial charge in [0.1, 0.15) is 6.04 Å². The Morgan fingerprint density at radius 3 is 2.55 bits per heavy atom. The highest BCUT2D eigenvalue weighted by molar-refractivity contribution is 6.31. The Morgan fingerprint density at radius 2 is 1.81 bits per heavy atom. The summed E-state index contributed by atoms with van der Waals surface area (Å²) >= 11 is 6.38. The molecule has 2 aromatic carbocycles. The maximum atomic E-state index is 12.9. The molecule has 1 fully saturated rings. The van der Waals surface area contributed by atoms with Crippen LogP contribution in [0, 0.1) is 0 Å². The van der Waals surface area contributed by atoms with Crippen molar-refractivity contribution in [1.82, 2.24) is 20.4 Å². The largest absolute Gasteiger partial charge is 0.379 e. The van der Waals surface area contributed by atoms with E-state index in [1.165, 1.54) is 17.1 Å². The second kappa shape index (κ2) is 12.5. The van der Waals surface area contributed by atoms with Crippen LogP contribution < -0.4 is 16.0 Å². The van der Waals surface area contributed by atoms with Crippen molar-refractivity contribution in [2.45, 2.75) is 38.4 Å². The van der Waals surface area contributed by atoms with Crippen LogP contribution in [0.4, 0.5) is 10.5 Å². The van der Waals surface area contributed by atoms with Crippen LogP contribution in [0.2, 0.25) is 5.02 Å². The van der Waals surface area contributed by atoms with Crippen molar-refractivity contribution in [3.05, 3.63) is 75.8 Å². The molecule has 1 saturated heterocycles. The zero-order chi connectivity index (χ0) is 29.8. The number of fused-ring (bicyclic) bond motifs is 1. The van der Waals surface area contributed by atoms with Gasteiger partial charge in [-0.1, -0.05) is 29.8 Å². The number of nitrogens with zero attached hydrogens (tertiary/aromatic N) is 2. The van der Waals surface area contributed by atoms with E-state index in [0.29, 0.717) is 35.7 Å². The third-order valence-electron chi connectivity index (χ3n) is 7.23. The number of hydrogen-bond acceptors (Lipinski definition) is 7. The van der Waals surface area contributed by atoms with Crippen molar-refractivity contribution in [3.63, 3.8) is 0 Å². The lowest BCUT2D eigenvalue weighted by Crippen LogP contribution is -2.52. The highest BCUT2D eigenvalue weighted by Gasteiger charge is 2.39. The number of rotatable bonds is 10. The summed E-state index contributed by atoms with van der Waals surface area (Å²) in [6.07, 6.45) is 3.45. The van der Waals surface area contributed by atoms with Gasteiger partial charge in [0, 0.05) is 47.9 Å². The first-order valence-electron chi connectivity index (χ1n) is 13.4. The molecule has 218 valence electrons. The number of carbonyl (C=O) groups is 6. The summed E-state index contributed by atoms with van der Waals surface area (Å²) in [7, 11) is 0. The van der Waals surface area contributed by atoms with Gasteiger partial charge in [-0.05, 0) is 47.7 Å². The summed E-state index contributed by atoms with van der Waals surface area (Å²) in [5.74, 6) is -1.74. The number of imide groups is 2. The zero-order valence-electron chi connectivity index (χ0n) is 22.5. The number of hydrogen-bond donors (Lipinski definition) is 3. The maximum Gasteiger partial charge on any atom is 0.319 e. The van der Waals surface area contributed by atoms with Gasteiger partial charge in [0.15, 0.2) is 0 Å². The van der Waals surface area contributed by atoms with E-state index >= 15 is 0 Å². The van der Waals surface area contributed by atoms with E-state index in [9.17, 15) is 28.8 Å². The molecule has 12 nitrogen and oxygen atoms in total. The van der Waals surface area contributed by atoms with Crippen molar-refractivity contribution < 1.29 is 33.5 Å². The average Bonchev–Trinajstić information content (AvgIpc) is 3.45. The first kappa shape index (κ1) is 29.0. The molecule has 3 heterocycles. The lowest BCUT2D eigenvalue weighted by molar-refractivity contribution is -0.138. The van der Waals surface area contributed by atoms with Crippen LogP contribution in [0.3, 0.4) is 0 Å². The minimum absolute atomic E-state index is 0.181. The van der Waals surface area contributed by atoms with Gasteiger partial charge >= 0.3 is 6.03 Å². The Bertz CT molecular complexity index is 1490. The molecule has 5 rings (SSSR count). The molecule has 3 aliphatic heterocycles. The molecule has 3 aliphatic rings. The van der Waals surface area contributed by atoms with Gasteiger partial charge in [-0.3, -0.25) is 34.2 Å². The maximum absolute atomic E-state index is 12.9. The van der Waals surface area contributed by atoms with E-state index in [1.54, 1.807) is 30.3 Å².